The van der Waals surface area contributed by atoms with E-state index in [2.05, 4.69) is 9.72 Å². The molecule has 1 fully saturated rings. The Kier molecular flexibility index (Phi) is 3.93. The highest BCUT2D eigenvalue weighted by molar-refractivity contribution is 5.89. The Bertz CT molecular complexity index is 388. The molecule has 0 saturated carbocycles. The first kappa shape index (κ1) is 11.9. The van der Waals surface area contributed by atoms with Gasteiger partial charge in [-0.3, -0.25) is 4.98 Å². The van der Waals surface area contributed by atoms with Crippen LogP contribution in [-0.2, 0) is 9.47 Å². The molecule has 17 heavy (non-hydrogen) atoms. The lowest BCUT2D eigenvalue weighted by atomic mass is 10.2. The molecule has 5 heteroatoms. The van der Waals surface area contributed by atoms with Crippen molar-refractivity contribution in [2.24, 2.45) is 0 Å². The molecule has 1 aliphatic heterocycles. The fourth-order valence-electron chi connectivity index (χ4n) is 1.67. The SMILES string of the molecule is COC(=O)c1cncc(OC2CCCCO2)c1. The molecule has 1 atom stereocenters. The fraction of sp³-hybridized carbons (Fsp3) is 0.500. The molecule has 2 heterocycles. The van der Waals surface area contributed by atoms with Crippen LogP contribution in [0.1, 0.15) is 29.6 Å². The lowest BCUT2D eigenvalue weighted by Crippen LogP contribution is -2.25. The van der Waals surface area contributed by atoms with Crippen LogP contribution in [0.5, 0.6) is 5.75 Å². The Hall–Kier alpha value is -1.62. The van der Waals surface area contributed by atoms with Gasteiger partial charge in [-0.05, 0) is 18.9 Å². The van der Waals surface area contributed by atoms with Crippen LogP contribution in [0.2, 0.25) is 0 Å². The number of methoxy groups -OCH3 is 1. The summed E-state index contributed by atoms with van der Waals surface area (Å²) in [6.45, 7) is 0.717. The predicted octanol–water partition coefficient (Wildman–Crippen LogP) is 1.77. The average molecular weight is 237 g/mol. The number of nitrogens with zero attached hydrogens (tertiary/aromatic N) is 1. The minimum atomic E-state index is -0.424. The van der Waals surface area contributed by atoms with E-state index in [1.54, 1.807) is 12.3 Å². The number of carbonyl (C=O) groups is 1. The topological polar surface area (TPSA) is 57.7 Å². The van der Waals surface area contributed by atoms with Crippen LogP contribution in [-0.4, -0.2) is 31.0 Å². The van der Waals surface area contributed by atoms with E-state index in [-0.39, 0.29) is 6.29 Å². The summed E-state index contributed by atoms with van der Waals surface area (Å²) in [5.74, 6) is 0.104. The quantitative estimate of drug-likeness (QED) is 0.750. The summed E-state index contributed by atoms with van der Waals surface area (Å²) in [6.07, 6.45) is 5.79. The predicted molar refractivity (Wildman–Crippen MR) is 59.8 cm³/mol. The molecule has 1 saturated heterocycles. The maximum Gasteiger partial charge on any atom is 0.339 e. The van der Waals surface area contributed by atoms with Crippen molar-refractivity contribution >= 4 is 5.97 Å². The van der Waals surface area contributed by atoms with Crippen LogP contribution in [0.4, 0.5) is 0 Å². The molecule has 0 aromatic carbocycles. The minimum absolute atomic E-state index is 0.238. The van der Waals surface area contributed by atoms with E-state index in [0.29, 0.717) is 11.3 Å². The van der Waals surface area contributed by atoms with Gasteiger partial charge in [-0.1, -0.05) is 0 Å². The number of esters is 1. The summed E-state index contributed by atoms with van der Waals surface area (Å²) in [6, 6.07) is 1.61. The third-order valence-electron chi connectivity index (χ3n) is 2.54. The largest absolute Gasteiger partial charge is 0.465 e. The second kappa shape index (κ2) is 5.63. The fourth-order valence-corrected chi connectivity index (χ4v) is 1.67. The smallest absolute Gasteiger partial charge is 0.339 e. The molecule has 92 valence electrons. The van der Waals surface area contributed by atoms with Crippen LogP contribution in [0.25, 0.3) is 0 Å². The molecule has 1 aromatic heterocycles. The van der Waals surface area contributed by atoms with Crippen LogP contribution < -0.4 is 4.74 Å². The molecule has 2 rings (SSSR count). The van der Waals surface area contributed by atoms with Gasteiger partial charge < -0.3 is 14.2 Å². The average Bonchev–Trinajstić information content (AvgIpc) is 2.39. The van der Waals surface area contributed by atoms with E-state index in [1.807, 2.05) is 0 Å². The van der Waals surface area contributed by atoms with Crippen LogP contribution >= 0.6 is 0 Å². The molecule has 5 nitrogen and oxygen atoms in total. The molecule has 0 spiro atoms. The van der Waals surface area contributed by atoms with E-state index in [1.165, 1.54) is 13.3 Å². The normalized spacial score (nSPS) is 19.7. The van der Waals surface area contributed by atoms with Gasteiger partial charge in [0.05, 0.1) is 25.5 Å². The zero-order chi connectivity index (χ0) is 12.1. The highest BCUT2D eigenvalue weighted by Gasteiger charge is 2.16. The van der Waals surface area contributed by atoms with Gasteiger partial charge in [0.25, 0.3) is 0 Å². The Balaban J connectivity index is 2.02. The Labute approximate surface area is 99.7 Å². The summed E-state index contributed by atoms with van der Waals surface area (Å²) in [5.41, 5.74) is 0.376. The van der Waals surface area contributed by atoms with Crippen molar-refractivity contribution in [2.75, 3.05) is 13.7 Å². The third kappa shape index (κ3) is 3.17. The molecule has 0 radical (unpaired) electrons. The van der Waals surface area contributed by atoms with Gasteiger partial charge in [-0.2, -0.15) is 0 Å². The number of hydrogen-bond donors (Lipinski definition) is 0. The molecule has 0 aliphatic carbocycles. The third-order valence-corrected chi connectivity index (χ3v) is 2.54. The van der Waals surface area contributed by atoms with E-state index in [0.717, 1.165) is 25.9 Å². The number of aromatic nitrogens is 1. The summed E-state index contributed by atoms with van der Waals surface area (Å²) >= 11 is 0. The highest BCUT2D eigenvalue weighted by atomic mass is 16.7. The second-order valence-electron chi connectivity index (χ2n) is 3.81. The number of carbonyl (C=O) groups excluding carboxylic acids is 1. The van der Waals surface area contributed by atoms with Crippen LogP contribution in [0, 0.1) is 0 Å². The summed E-state index contributed by atoms with van der Waals surface area (Å²) in [4.78, 5) is 15.2. The molecule has 1 unspecified atom stereocenters. The van der Waals surface area contributed by atoms with Gasteiger partial charge >= 0.3 is 5.97 Å². The van der Waals surface area contributed by atoms with Crippen molar-refractivity contribution < 1.29 is 19.0 Å². The van der Waals surface area contributed by atoms with E-state index in [9.17, 15) is 4.79 Å². The Morgan fingerprint density at radius 2 is 2.35 bits per heavy atom. The maximum absolute atomic E-state index is 11.3. The summed E-state index contributed by atoms with van der Waals surface area (Å²) in [5, 5.41) is 0. The van der Waals surface area contributed by atoms with Gasteiger partial charge in [-0.25, -0.2) is 4.79 Å². The maximum atomic E-state index is 11.3. The van der Waals surface area contributed by atoms with Crippen molar-refractivity contribution in [2.45, 2.75) is 25.6 Å². The summed E-state index contributed by atoms with van der Waals surface area (Å²) < 4.78 is 15.7. The molecule has 0 N–H and O–H groups in total. The first-order valence-electron chi connectivity index (χ1n) is 5.61. The van der Waals surface area contributed by atoms with Gasteiger partial charge in [0.2, 0.25) is 0 Å². The van der Waals surface area contributed by atoms with Gasteiger partial charge in [-0.15, -0.1) is 0 Å². The lowest BCUT2D eigenvalue weighted by molar-refractivity contribution is -0.106. The van der Waals surface area contributed by atoms with E-state index in [4.69, 9.17) is 9.47 Å². The number of pyridine rings is 1. The molecule has 1 aromatic rings. The monoisotopic (exact) mass is 237 g/mol. The number of hydrogen-bond acceptors (Lipinski definition) is 5. The van der Waals surface area contributed by atoms with Crippen LogP contribution in [0.15, 0.2) is 18.5 Å². The lowest BCUT2D eigenvalue weighted by Gasteiger charge is -2.23. The van der Waals surface area contributed by atoms with Gasteiger partial charge in [0.1, 0.15) is 5.75 Å². The molecule has 0 bridgehead atoms. The van der Waals surface area contributed by atoms with E-state index < -0.39 is 5.97 Å². The standard InChI is InChI=1S/C12H15NO4/c1-15-12(14)9-6-10(8-13-7-9)17-11-4-2-3-5-16-11/h6-8,11H,2-5H2,1H3. The highest BCUT2D eigenvalue weighted by Crippen LogP contribution is 2.19. The van der Waals surface area contributed by atoms with Crippen molar-refractivity contribution in [1.82, 2.24) is 4.98 Å². The number of ether oxygens (including phenoxy) is 3. The van der Waals surface area contributed by atoms with Crippen molar-refractivity contribution in [1.29, 1.82) is 0 Å². The molecule has 1 aliphatic rings. The zero-order valence-electron chi connectivity index (χ0n) is 9.72. The first-order valence-corrected chi connectivity index (χ1v) is 5.61. The van der Waals surface area contributed by atoms with Crippen molar-refractivity contribution in [3.63, 3.8) is 0 Å². The molecular weight excluding hydrogens is 222 g/mol. The molecule has 0 amide bonds. The Morgan fingerprint density at radius 3 is 3.06 bits per heavy atom. The van der Waals surface area contributed by atoms with E-state index >= 15 is 0 Å². The van der Waals surface area contributed by atoms with Crippen molar-refractivity contribution in [3.8, 4) is 5.75 Å². The minimum Gasteiger partial charge on any atom is -0.465 e. The second-order valence-corrected chi connectivity index (χ2v) is 3.81. The van der Waals surface area contributed by atoms with Gasteiger partial charge in [0, 0.05) is 12.6 Å². The Morgan fingerprint density at radius 1 is 1.47 bits per heavy atom. The zero-order valence-corrected chi connectivity index (χ0v) is 9.72. The van der Waals surface area contributed by atoms with Gasteiger partial charge in [0.15, 0.2) is 6.29 Å². The number of rotatable bonds is 3. The van der Waals surface area contributed by atoms with Crippen LogP contribution in [0.3, 0.4) is 0 Å². The first-order chi connectivity index (χ1) is 8.29. The van der Waals surface area contributed by atoms with Crippen molar-refractivity contribution in [3.05, 3.63) is 24.0 Å². The molecular formula is C12H15NO4. The summed E-state index contributed by atoms with van der Waals surface area (Å²) in [7, 11) is 1.33.